The van der Waals surface area contributed by atoms with Gasteiger partial charge in [0, 0.05) is 6.07 Å². The van der Waals surface area contributed by atoms with Gasteiger partial charge in [-0.05, 0) is 11.6 Å². The molecule has 0 unspecified atom stereocenters. The summed E-state index contributed by atoms with van der Waals surface area (Å²) in [6.45, 7) is 0. The molecule has 1 amide bonds. The van der Waals surface area contributed by atoms with Crippen molar-refractivity contribution in [2.24, 2.45) is 0 Å². The fourth-order valence-electron chi connectivity index (χ4n) is 2.48. The Kier molecular flexibility index (Phi) is 3.69. The second kappa shape index (κ2) is 5.54. The maximum atomic E-state index is 12.8. The van der Waals surface area contributed by atoms with Gasteiger partial charge in [-0.2, -0.15) is 0 Å². The average molecular weight is 334 g/mol. The molecule has 1 aromatic carbocycles. The molecule has 120 valence electrons. The number of carbonyl (C=O) groups is 1. The van der Waals surface area contributed by atoms with Gasteiger partial charge in [-0.1, -0.05) is 18.2 Å². The minimum atomic E-state index is -3.98. The molecule has 1 aliphatic heterocycles. The third-order valence-electron chi connectivity index (χ3n) is 3.51. The number of rotatable bonds is 3. The highest BCUT2D eigenvalue weighted by molar-refractivity contribution is 7.93. The van der Waals surface area contributed by atoms with Crippen LogP contribution in [0.15, 0.2) is 41.4 Å². The summed E-state index contributed by atoms with van der Waals surface area (Å²) in [5.74, 6) is -0.0944. The zero-order valence-electron chi connectivity index (χ0n) is 12.5. The van der Waals surface area contributed by atoms with Crippen LogP contribution in [0.2, 0.25) is 0 Å². The highest BCUT2D eigenvalue weighted by Crippen LogP contribution is 2.35. The molecular formula is C15H14N2O5S. The Morgan fingerprint density at radius 2 is 1.91 bits per heavy atom. The lowest BCUT2D eigenvalue weighted by molar-refractivity contribution is -0.117. The van der Waals surface area contributed by atoms with E-state index in [1.165, 1.54) is 32.5 Å². The zero-order valence-corrected chi connectivity index (χ0v) is 13.3. The Balaban J connectivity index is 2.15. The van der Waals surface area contributed by atoms with Crippen molar-refractivity contribution in [3.63, 3.8) is 0 Å². The number of carbonyl (C=O) groups excluding carboxylic acids is 1. The minimum absolute atomic E-state index is 0.00372. The topological polar surface area (TPSA) is 85.8 Å². The minimum Gasteiger partial charge on any atom is -0.491 e. The van der Waals surface area contributed by atoms with Gasteiger partial charge < -0.3 is 9.47 Å². The standard InChI is InChI=1S/C15H14N2O5S/c1-21-12-8-11(9-16-15(12)22-2)17-14(18)7-10-5-3-4-6-13(10)23(17,19)20/h3-6,8-9H,7H2,1-2H3. The molecule has 0 saturated carbocycles. The molecule has 0 aliphatic carbocycles. The highest BCUT2D eigenvalue weighted by atomic mass is 32.2. The smallest absolute Gasteiger partial charge is 0.271 e. The molecule has 23 heavy (non-hydrogen) atoms. The molecule has 0 atom stereocenters. The van der Waals surface area contributed by atoms with Crippen molar-refractivity contribution < 1.29 is 22.7 Å². The molecule has 3 rings (SSSR count). The van der Waals surface area contributed by atoms with Gasteiger partial charge >= 0.3 is 0 Å². The number of hydrogen-bond acceptors (Lipinski definition) is 6. The van der Waals surface area contributed by atoms with E-state index in [4.69, 9.17) is 9.47 Å². The Labute approximate surface area is 133 Å². The lowest BCUT2D eigenvalue weighted by Crippen LogP contribution is -2.42. The molecule has 7 nitrogen and oxygen atoms in total. The van der Waals surface area contributed by atoms with Gasteiger partial charge in [0.15, 0.2) is 5.75 Å². The molecule has 0 bridgehead atoms. The predicted octanol–water partition coefficient (Wildman–Crippen LogP) is 1.38. The van der Waals surface area contributed by atoms with Gasteiger partial charge in [-0.15, -0.1) is 0 Å². The van der Waals surface area contributed by atoms with Gasteiger partial charge in [-0.25, -0.2) is 17.7 Å². The number of benzene rings is 1. The lowest BCUT2D eigenvalue weighted by Gasteiger charge is -2.28. The monoisotopic (exact) mass is 334 g/mol. The van der Waals surface area contributed by atoms with Crippen LogP contribution in [0.1, 0.15) is 5.56 Å². The van der Waals surface area contributed by atoms with Crippen molar-refractivity contribution in [2.75, 3.05) is 18.5 Å². The Morgan fingerprint density at radius 1 is 1.17 bits per heavy atom. The van der Waals surface area contributed by atoms with Crippen LogP contribution in [0, 0.1) is 0 Å². The van der Waals surface area contributed by atoms with E-state index < -0.39 is 15.9 Å². The molecule has 1 aliphatic rings. The number of fused-ring (bicyclic) bond motifs is 1. The number of amides is 1. The number of methoxy groups -OCH3 is 2. The number of hydrogen-bond donors (Lipinski definition) is 0. The maximum Gasteiger partial charge on any atom is 0.271 e. The van der Waals surface area contributed by atoms with E-state index >= 15 is 0 Å². The predicted molar refractivity (Wildman–Crippen MR) is 82.2 cm³/mol. The fourth-order valence-corrected chi connectivity index (χ4v) is 4.11. The first-order valence-corrected chi connectivity index (χ1v) is 8.17. The largest absolute Gasteiger partial charge is 0.491 e. The molecule has 0 radical (unpaired) electrons. The summed E-state index contributed by atoms with van der Waals surface area (Å²) in [7, 11) is -1.15. The molecule has 1 aromatic heterocycles. The summed E-state index contributed by atoms with van der Waals surface area (Å²) < 4.78 is 36.4. The van der Waals surface area contributed by atoms with Gasteiger partial charge in [0.25, 0.3) is 15.9 Å². The second-order valence-corrected chi connectivity index (χ2v) is 6.61. The molecule has 8 heteroatoms. The summed E-state index contributed by atoms with van der Waals surface area (Å²) in [6.07, 6.45) is 1.27. The molecule has 0 N–H and O–H groups in total. The van der Waals surface area contributed by atoms with Crippen molar-refractivity contribution in [2.45, 2.75) is 11.3 Å². The number of anilines is 1. The van der Waals surface area contributed by atoms with Gasteiger partial charge in [0.05, 0.1) is 37.4 Å². The van der Waals surface area contributed by atoms with Crippen LogP contribution in [0.4, 0.5) is 5.69 Å². The Bertz CT molecular complexity index is 879. The number of nitrogens with zero attached hydrogens (tertiary/aromatic N) is 2. The summed E-state index contributed by atoms with van der Waals surface area (Å²) >= 11 is 0. The summed E-state index contributed by atoms with van der Waals surface area (Å²) in [6, 6.07) is 7.86. The van der Waals surface area contributed by atoms with Crippen molar-refractivity contribution >= 4 is 21.6 Å². The molecule has 0 spiro atoms. The average Bonchev–Trinajstić information content (AvgIpc) is 2.54. The van der Waals surface area contributed by atoms with Crippen LogP contribution in [0.5, 0.6) is 11.6 Å². The summed E-state index contributed by atoms with van der Waals surface area (Å²) in [5.41, 5.74) is 0.601. The van der Waals surface area contributed by atoms with Crippen LogP contribution in [-0.2, 0) is 21.2 Å². The SMILES string of the molecule is COc1cc(N2C(=O)Cc3ccccc3S2(=O)=O)cnc1OC. The number of ether oxygens (including phenoxy) is 2. The van der Waals surface area contributed by atoms with Crippen molar-refractivity contribution in [3.05, 3.63) is 42.1 Å². The first kappa shape index (κ1) is 15.3. The van der Waals surface area contributed by atoms with E-state index in [1.807, 2.05) is 0 Å². The van der Waals surface area contributed by atoms with Gasteiger partial charge in [-0.3, -0.25) is 4.79 Å². The van der Waals surface area contributed by atoms with Gasteiger partial charge in [0.1, 0.15) is 0 Å². The fraction of sp³-hybridized carbons (Fsp3) is 0.200. The Morgan fingerprint density at radius 3 is 2.61 bits per heavy atom. The number of aromatic nitrogens is 1. The summed E-state index contributed by atoms with van der Waals surface area (Å²) in [4.78, 5) is 16.5. The van der Waals surface area contributed by atoms with Gasteiger partial charge in [0.2, 0.25) is 5.91 Å². The van der Waals surface area contributed by atoms with Crippen LogP contribution < -0.4 is 13.8 Å². The van der Waals surface area contributed by atoms with Crippen molar-refractivity contribution in [1.29, 1.82) is 0 Å². The van der Waals surface area contributed by atoms with Crippen LogP contribution in [-0.4, -0.2) is 33.5 Å². The number of pyridine rings is 1. The maximum absolute atomic E-state index is 12.8. The highest BCUT2D eigenvalue weighted by Gasteiger charge is 2.38. The second-order valence-electron chi connectivity index (χ2n) is 4.85. The molecule has 0 saturated heterocycles. The first-order valence-electron chi connectivity index (χ1n) is 6.73. The van der Waals surface area contributed by atoms with E-state index in [0.29, 0.717) is 5.56 Å². The third-order valence-corrected chi connectivity index (χ3v) is 5.36. The normalized spacial score (nSPS) is 15.9. The molecule has 2 heterocycles. The van der Waals surface area contributed by atoms with E-state index in [9.17, 15) is 13.2 Å². The van der Waals surface area contributed by atoms with E-state index in [0.717, 1.165) is 4.31 Å². The quantitative estimate of drug-likeness (QED) is 0.843. The van der Waals surface area contributed by atoms with E-state index in [-0.39, 0.29) is 28.6 Å². The first-order chi connectivity index (χ1) is 11.0. The van der Waals surface area contributed by atoms with Crippen LogP contribution in [0.25, 0.3) is 0 Å². The molecule has 2 aromatic rings. The summed E-state index contributed by atoms with van der Waals surface area (Å²) in [5, 5.41) is 0. The van der Waals surface area contributed by atoms with E-state index in [2.05, 4.69) is 4.98 Å². The lowest BCUT2D eigenvalue weighted by atomic mass is 10.1. The third kappa shape index (κ3) is 2.40. The van der Waals surface area contributed by atoms with E-state index in [1.54, 1.807) is 18.2 Å². The zero-order chi connectivity index (χ0) is 16.6. The van der Waals surface area contributed by atoms with Crippen LogP contribution in [0.3, 0.4) is 0 Å². The molecular weight excluding hydrogens is 320 g/mol. The van der Waals surface area contributed by atoms with Crippen molar-refractivity contribution in [1.82, 2.24) is 4.98 Å². The molecule has 0 fully saturated rings. The van der Waals surface area contributed by atoms with Crippen LogP contribution >= 0.6 is 0 Å². The van der Waals surface area contributed by atoms with Crippen molar-refractivity contribution in [3.8, 4) is 11.6 Å². The number of sulfonamides is 1. The Hall–Kier alpha value is -2.61.